The minimum Gasteiger partial charge on any atom is -0.346 e. The number of para-hydroxylation sites is 2. The van der Waals surface area contributed by atoms with Crippen molar-refractivity contribution >= 4 is 16.9 Å². The lowest BCUT2D eigenvalue weighted by atomic mass is 10.1. The van der Waals surface area contributed by atoms with E-state index in [1.54, 1.807) is 0 Å². The van der Waals surface area contributed by atoms with Gasteiger partial charge in [0.25, 0.3) is 5.91 Å². The summed E-state index contributed by atoms with van der Waals surface area (Å²) >= 11 is 0. The van der Waals surface area contributed by atoms with E-state index in [1.807, 2.05) is 78.5 Å². The average Bonchev–Trinajstić information content (AvgIpc) is 3.06. The summed E-state index contributed by atoms with van der Waals surface area (Å²) in [6.45, 7) is 3.08. The second-order valence-corrected chi connectivity index (χ2v) is 7.05. The van der Waals surface area contributed by atoms with Crippen molar-refractivity contribution in [2.75, 3.05) is 0 Å². The van der Waals surface area contributed by atoms with Crippen LogP contribution in [-0.4, -0.2) is 10.5 Å². The molecule has 0 aliphatic rings. The Morgan fingerprint density at radius 2 is 1.57 bits per heavy atom. The Labute approximate surface area is 165 Å². The summed E-state index contributed by atoms with van der Waals surface area (Å²) in [5.74, 6) is 0.00367. The number of hydrogen-bond acceptors (Lipinski definition) is 1. The minimum atomic E-state index is -0.0213. The number of carbonyl (C=O) groups excluding carboxylic acids is 1. The molecule has 1 atom stereocenters. The van der Waals surface area contributed by atoms with Crippen LogP contribution >= 0.6 is 0 Å². The predicted molar refractivity (Wildman–Crippen MR) is 111 cm³/mol. The van der Waals surface area contributed by atoms with E-state index >= 15 is 0 Å². The van der Waals surface area contributed by atoms with Crippen LogP contribution in [0.3, 0.4) is 0 Å². The van der Waals surface area contributed by atoms with Crippen molar-refractivity contribution in [3.8, 4) is 0 Å². The van der Waals surface area contributed by atoms with Crippen molar-refractivity contribution in [1.29, 1.82) is 0 Å². The van der Waals surface area contributed by atoms with Gasteiger partial charge in [0, 0.05) is 0 Å². The predicted octanol–water partition coefficient (Wildman–Crippen LogP) is 3.85. The first kappa shape index (κ1) is 18.0. The number of fused-ring (bicyclic) bond motifs is 1. The molecule has 0 aliphatic carbocycles. The normalized spacial score (nSPS) is 12.0. The topological polar surface area (TPSA) is 37.9 Å². The molecule has 4 rings (SSSR count). The summed E-state index contributed by atoms with van der Waals surface area (Å²) in [6.07, 6.45) is 2.03. The number of rotatable bonds is 6. The number of hydrogen-bond donors (Lipinski definition) is 1. The number of imidazole rings is 1. The third kappa shape index (κ3) is 3.96. The smallest absolute Gasteiger partial charge is 0.262 e. The van der Waals surface area contributed by atoms with E-state index in [-0.39, 0.29) is 11.9 Å². The Morgan fingerprint density at radius 1 is 0.929 bits per heavy atom. The van der Waals surface area contributed by atoms with Crippen LogP contribution in [0, 0.1) is 0 Å². The maximum atomic E-state index is 12.7. The largest absolute Gasteiger partial charge is 0.346 e. The molecule has 3 aromatic carbocycles. The Bertz CT molecular complexity index is 1070. The summed E-state index contributed by atoms with van der Waals surface area (Å²) in [5, 5.41) is 3.10. The van der Waals surface area contributed by atoms with Gasteiger partial charge >= 0.3 is 0 Å². The van der Waals surface area contributed by atoms with Gasteiger partial charge in [-0.15, -0.1) is 0 Å². The summed E-state index contributed by atoms with van der Waals surface area (Å²) < 4.78 is 4.21. The summed E-state index contributed by atoms with van der Waals surface area (Å²) in [4.78, 5) is 12.7. The van der Waals surface area contributed by atoms with Crippen LogP contribution in [0.4, 0.5) is 0 Å². The Kier molecular flexibility index (Phi) is 5.20. The van der Waals surface area contributed by atoms with Crippen LogP contribution in [0.25, 0.3) is 11.0 Å². The standard InChI is InChI=1S/C24H23N3O/c1-19(21-12-6-3-7-13-21)25-24(28)17-27-18-26(16-20-10-4-2-5-11-20)22-14-8-9-15-23(22)27/h2-15,18-19H,16-17H2,1H3/p+1/t19-/m1/s1. The molecule has 0 aliphatic heterocycles. The number of carbonyl (C=O) groups is 1. The highest BCUT2D eigenvalue weighted by Gasteiger charge is 2.19. The average molecular weight is 370 g/mol. The Balaban J connectivity index is 1.54. The van der Waals surface area contributed by atoms with Crippen LogP contribution in [0.1, 0.15) is 24.1 Å². The molecular weight excluding hydrogens is 346 g/mol. The fourth-order valence-electron chi connectivity index (χ4n) is 3.54. The lowest BCUT2D eigenvalue weighted by Gasteiger charge is -2.13. The van der Waals surface area contributed by atoms with E-state index in [9.17, 15) is 4.79 Å². The zero-order valence-corrected chi connectivity index (χ0v) is 16.0. The third-order valence-corrected chi connectivity index (χ3v) is 4.97. The van der Waals surface area contributed by atoms with Crippen molar-refractivity contribution in [3.05, 3.63) is 102 Å². The van der Waals surface area contributed by atoms with Gasteiger partial charge in [-0.2, -0.15) is 0 Å². The molecule has 0 bridgehead atoms. The lowest BCUT2D eigenvalue weighted by Crippen LogP contribution is -2.34. The van der Waals surface area contributed by atoms with Gasteiger partial charge < -0.3 is 5.32 Å². The first-order chi connectivity index (χ1) is 13.7. The maximum absolute atomic E-state index is 12.7. The molecule has 0 unspecified atom stereocenters. The van der Waals surface area contributed by atoms with Crippen molar-refractivity contribution in [2.45, 2.75) is 26.1 Å². The summed E-state index contributed by atoms with van der Waals surface area (Å²) in [7, 11) is 0. The number of nitrogens with one attached hydrogen (secondary N) is 1. The third-order valence-electron chi connectivity index (χ3n) is 4.97. The van der Waals surface area contributed by atoms with Crippen molar-refractivity contribution in [3.63, 3.8) is 0 Å². The van der Waals surface area contributed by atoms with Gasteiger partial charge in [0.1, 0.15) is 6.54 Å². The second kappa shape index (κ2) is 8.09. The zero-order chi connectivity index (χ0) is 19.3. The molecule has 4 nitrogen and oxygen atoms in total. The molecule has 4 heteroatoms. The molecular formula is C24H24N3O+. The zero-order valence-electron chi connectivity index (χ0n) is 16.0. The molecule has 1 N–H and O–H groups in total. The molecule has 1 heterocycles. The molecule has 0 fully saturated rings. The van der Waals surface area contributed by atoms with Crippen molar-refractivity contribution < 1.29 is 9.36 Å². The van der Waals surface area contributed by atoms with Gasteiger partial charge in [0.05, 0.1) is 6.04 Å². The second-order valence-electron chi connectivity index (χ2n) is 7.05. The molecule has 0 radical (unpaired) electrons. The fraction of sp³-hybridized carbons (Fsp3) is 0.167. The molecule has 1 amide bonds. The van der Waals surface area contributed by atoms with Gasteiger partial charge in [-0.05, 0) is 30.2 Å². The number of aromatic nitrogens is 2. The van der Waals surface area contributed by atoms with Crippen LogP contribution in [0.5, 0.6) is 0 Å². The molecule has 0 saturated carbocycles. The summed E-state index contributed by atoms with van der Waals surface area (Å²) in [5.41, 5.74) is 4.51. The SMILES string of the molecule is C[C@@H](NC(=O)Cn1c[n+](Cc2ccccc2)c2ccccc21)c1ccccc1. The van der Waals surface area contributed by atoms with E-state index in [4.69, 9.17) is 0 Å². The fourth-order valence-corrected chi connectivity index (χ4v) is 3.54. The van der Waals surface area contributed by atoms with Crippen molar-refractivity contribution in [2.24, 2.45) is 0 Å². The van der Waals surface area contributed by atoms with Gasteiger partial charge in [-0.3, -0.25) is 4.79 Å². The highest BCUT2D eigenvalue weighted by Crippen LogP contribution is 2.14. The monoisotopic (exact) mass is 370 g/mol. The first-order valence-electron chi connectivity index (χ1n) is 9.56. The Hall–Kier alpha value is -3.40. The van der Waals surface area contributed by atoms with E-state index in [0.29, 0.717) is 6.54 Å². The van der Waals surface area contributed by atoms with Gasteiger partial charge in [0.2, 0.25) is 6.33 Å². The van der Waals surface area contributed by atoms with E-state index < -0.39 is 0 Å². The van der Waals surface area contributed by atoms with E-state index in [0.717, 1.165) is 23.1 Å². The van der Waals surface area contributed by atoms with Gasteiger partial charge in [-0.25, -0.2) is 9.13 Å². The first-order valence-corrected chi connectivity index (χ1v) is 9.56. The highest BCUT2D eigenvalue weighted by molar-refractivity contribution is 5.79. The number of benzene rings is 3. The van der Waals surface area contributed by atoms with Crippen LogP contribution in [0.2, 0.25) is 0 Å². The molecule has 28 heavy (non-hydrogen) atoms. The van der Waals surface area contributed by atoms with Crippen molar-refractivity contribution in [1.82, 2.24) is 9.88 Å². The number of nitrogens with zero attached hydrogens (tertiary/aromatic N) is 2. The van der Waals surface area contributed by atoms with Gasteiger partial charge in [-0.1, -0.05) is 72.8 Å². The molecule has 0 saturated heterocycles. The van der Waals surface area contributed by atoms with E-state index in [1.165, 1.54) is 5.56 Å². The number of amides is 1. The minimum absolute atomic E-state index is 0.00367. The maximum Gasteiger partial charge on any atom is 0.262 e. The molecule has 0 spiro atoms. The molecule has 4 aromatic rings. The van der Waals surface area contributed by atoms with Crippen LogP contribution in [0.15, 0.2) is 91.3 Å². The molecule has 140 valence electrons. The quantitative estimate of drug-likeness (QED) is 0.514. The highest BCUT2D eigenvalue weighted by atomic mass is 16.2. The molecule has 1 aromatic heterocycles. The van der Waals surface area contributed by atoms with E-state index in [2.05, 4.69) is 34.1 Å². The van der Waals surface area contributed by atoms with Crippen LogP contribution in [-0.2, 0) is 17.9 Å². The summed E-state index contributed by atoms with van der Waals surface area (Å²) in [6, 6.07) is 28.6. The lowest BCUT2D eigenvalue weighted by molar-refractivity contribution is -0.663. The van der Waals surface area contributed by atoms with Gasteiger partial charge in [0.15, 0.2) is 17.6 Å². The Morgan fingerprint density at radius 3 is 2.32 bits per heavy atom. The van der Waals surface area contributed by atoms with Crippen LogP contribution < -0.4 is 9.88 Å².